The third kappa shape index (κ3) is 4.52. The number of carboxylic acids is 1. The van der Waals surface area contributed by atoms with Crippen molar-refractivity contribution in [2.24, 2.45) is 0 Å². The van der Waals surface area contributed by atoms with E-state index in [1.54, 1.807) is 0 Å². The van der Waals surface area contributed by atoms with Gasteiger partial charge in [-0.3, -0.25) is 14.9 Å². The number of rotatable bonds is 5. The van der Waals surface area contributed by atoms with E-state index in [2.05, 4.69) is 13.2 Å². The number of hydrogen-bond acceptors (Lipinski definition) is 3. The van der Waals surface area contributed by atoms with Crippen molar-refractivity contribution in [2.45, 2.75) is 6.42 Å². The molecule has 0 aliphatic heterocycles. The van der Waals surface area contributed by atoms with Crippen LogP contribution in [0.5, 0.6) is 0 Å². The van der Waals surface area contributed by atoms with E-state index in [1.807, 2.05) is 0 Å². The predicted octanol–water partition coefficient (Wildman–Crippen LogP) is 1.36. The fourth-order valence-electron chi connectivity index (χ4n) is 0.623. The first-order chi connectivity index (χ1) is 5.97. The Morgan fingerprint density at radius 3 is 2.46 bits per heavy atom. The van der Waals surface area contributed by atoms with Gasteiger partial charge in [-0.05, 0) is 12.2 Å². The van der Waals surface area contributed by atoms with Crippen molar-refractivity contribution >= 4 is 5.97 Å². The Labute approximate surface area is 74.8 Å². The molecule has 0 saturated carbocycles. The fraction of sp³-hybridized carbons (Fsp3) is 0.125. The number of aliphatic carboxylic acids is 1. The molecule has 0 aliphatic carbocycles. The van der Waals surface area contributed by atoms with Crippen molar-refractivity contribution in [3.8, 4) is 0 Å². The number of nitrogens with zero attached hydrogens (tertiary/aromatic N) is 1. The van der Waals surface area contributed by atoms with Gasteiger partial charge in [0, 0.05) is 6.08 Å². The van der Waals surface area contributed by atoms with E-state index in [0.29, 0.717) is 0 Å². The van der Waals surface area contributed by atoms with Crippen molar-refractivity contribution in [1.29, 1.82) is 0 Å². The van der Waals surface area contributed by atoms with Gasteiger partial charge in [-0.1, -0.05) is 12.7 Å². The Morgan fingerprint density at radius 1 is 1.62 bits per heavy atom. The van der Waals surface area contributed by atoms with Crippen molar-refractivity contribution in [2.75, 3.05) is 0 Å². The van der Waals surface area contributed by atoms with Crippen LogP contribution in [-0.4, -0.2) is 16.0 Å². The Kier molecular flexibility index (Phi) is 4.15. The van der Waals surface area contributed by atoms with Crippen LogP contribution in [0.2, 0.25) is 0 Å². The zero-order chi connectivity index (χ0) is 10.4. The van der Waals surface area contributed by atoms with Crippen LogP contribution in [0.4, 0.5) is 0 Å². The summed E-state index contributed by atoms with van der Waals surface area (Å²) in [6, 6.07) is 0. The summed E-state index contributed by atoms with van der Waals surface area (Å²) in [6.45, 7) is 6.46. The molecule has 0 atom stereocenters. The summed E-state index contributed by atoms with van der Waals surface area (Å²) in [6.07, 6.45) is 2.04. The maximum Gasteiger partial charge on any atom is 0.307 e. The molecule has 0 aliphatic rings. The predicted molar refractivity (Wildman–Crippen MR) is 46.7 cm³/mol. The van der Waals surface area contributed by atoms with Gasteiger partial charge in [0.15, 0.2) is 0 Å². The molecule has 0 bridgehead atoms. The molecular formula is C8H9NO4. The maximum absolute atomic E-state index is 10.2. The quantitative estimate of drug-likeness (QED) is 0.396. The first kappa shape index (κ1) is 11.1. The molecule has 0 unspecified atom stereocenters. The van der Waals surface area contributed by atoms with E-state index in [1.165, 1.54) is 6.08 Å². The van der Waals surface area contributed by atoms with Crippen LogP contribution in [0.1, 0.15) is 6.42 Å². The van der Waals surface area contributed by atoms with Crippen LogP contribution in [0, 0.1) is 10.1 Å². The van der Waals surface area contributed by atoms with Crippen molar-refractivity contribution < 1.29 is 14.8 Å². The number of nitro groups is 1. The second kappa shape index (κ2) is 4.87. The standard InChI is InChI=1S/C8H9NO4/c1-3-7(5-8(10)11)4-6(2)9(12)13/h3-4H,1-2,5H2,(H,10,11)/b7-4+. The molecule has 0 aromatic carbocycles. The second-order valence-electron chi connectivity index (χ2n) is 2.24. The van der Waals surface area contributed by atoms with E-state index in [0.717, 1.165) is 6.08 Å². The zero-order valence-electron chi connectivity index (χ0n) is 6.90. The van der Waals surface area contributed by atoms with Crippen molar-refractivity contribution in [3.05, 3.63) is 46.7 Å². The summed E-state index contributed by atoms with van der Waals surface area (Å²) in [5, 5.41) is 18.5. The van der Waals surface area contributed by atoms with Crippen molar-refractivity contribution in [3.63, 3.8) is 0 Å². The summed E-state index contributed by atoms with van der Waals surface area (Å²) < 4.78 is 0. The topological polar surface area (TPSA) is 80.4 Å². The highest BCUT2D eigenvalue weighted by Crippen LogP contribution is 2.06. The average Bonchev–Trinajstić information content (AvgIpc) is 2.02. The second-order valence-corrected chi connectivity index (χ2v) is 2.24. The van der Waals surface area contributed by atoms with Gasteiger partial charge in [0.05, 0.1) is 11.3 Å². The molecule has 0 spiro atoms. The summed E-state index contributed by atoms with van der Waals surface area (Å²) >= 11 is 0. The SMILES string of the molecule is C=C/C(=C\C(=C)[N+](=O)[O-])CC(=O)O. The minimum absolute atomic E-state index is 0.259. The molecule has 0 aromatic rings. The summed E-state index contributed by atoms with van der Waals surface area (Å²) in [5.74, 6) is -1.07. The van der Waals surface area contributed by atoms with Gasteiger partial charge < -0.3 is 5.11 Å². The first-order valence-corrected chi connectivity index (χ1v) is 3.35. The lowest BCUT2D eigenvalue weighted by molar-refractivity contribution is -0.418. The summed E-state index contributed by atoms with van der Waals surface area (Å²) in [5.41, 5.74) is -0.0923. The summed E-state index contributed by atoms with van der Waals surface area (Å²) in [4.78, 5) is 19.7. The average molecular weight is 183 g/mol. The molecule has 1 N–H and O–H groups in total. The molecule has 0 radical (unpaired) electrons. The van der Waals surface area contributed by atoms with Crippen LogP contribution in [0.3, 0.4) is 0 Å². The Balaban J connectivity index is 4.56. The molecule has 70 valence electrons. The lowest BCUT2D eigenvalue weighted by atomic mass is 10.1. The van der Waals surface area contributed by atoms with Gasteiger partial charge in [-0.2, -0.15) is 0 Å². The molecule has 0 fully saturated rings. The zero-order valence-corrected chi connectivity index (χ0v) is 6.90. The molecule has 5 nitrogen and oxygen atoms in total. The minimum atomic E-state index is -1.07. The molecule has 0 saturated heterocycles. The van der Waals surface area contributed by atoms with Crippen LogP contribution in [-0.2, 0) is 4.79 Å². The van der Waals surface area contributed by atoms with Crippen LogP contribution >= 0.6 is 0 Å². The van der Waals surface area contributed by atoms with E-state index in [9.17, 15) is 14.9 Å². The first-order valence-electron chi connectivity index (χ1n) is 3.35. The number of carboxylic acid groups (broad SMARTS) is 1. The van der Waals surface area contributed by atoms with Gasteiger partial charge in [-0.25, -0.2) is 0 Å². The maximum atomic E-state index is 10.2. The number of hydrogen-bond donors (Lipinski definition) is 1. The van der Waals surface area contributed by atoms with E-state index in [4.69, 9.17) is 5.11 Å². The molecule has 0 rings (SSSR count). The molecule has 5 heteroatoms. The molecule has 0 aromatic heterocycles. The van der Waals surface area contributed by atoms with Crippen LogP contribution in [0.25, 0.3) is 0 Å². The minimum Gasteiger partial charge on any atom is -0.481 e. The lowest BCUT2D eigenvalue weighted by Gasteiger charge is -1.95. The highest BCUT2D eigenvalue weighted by Gasteiger charge is 2.06. The van der Waals surface area contributed by atoms with Crippen LogP contribution in [0.15, 0.2) is 36.6 Å². The Bertz CT molecular complexity index is 291. The third-order valence-electron chi connectivity index (χ3n) is 1.20. The Morgan fingerprint density at radius 2 is 2.15 bits per heavy atom. The monoisotopic (exact) mass is 183 g/mol. The van der Waals surface area contributed by atoms with Gasteiger partial charge in [0.25, 0.3) is 5.70 Å². The fourth-order valence-corrected chi connectivity index (χ4v) is 0.623. The smallest absolute Gasteiger partial charge is 0.307 e. The number of carbonyl (C=O) groups is 1. The molecule has 13 heavy (non-hydrogen) atoms. The highest BCUT2D eigenvalue weighted by molar-refractivity contribution is 5.71. The van der Waals surface area contributed by atoms with Crippen LogP contribution < -0.4 is 0 Å². The molecule has 0 heterocycles. The molecule has 0 amide bonds. The molecular weight excluding hydrogens is 174 g/mol. The van der Waals surface area contributed by atoms with Gasteiger partial charge in [-0.15, -0.1) is 0 Å². The normalized spacial score (nSPS) is 10.6. The Hall–Kier alpha value is -1.91. The summed E-state index contributed by atoms with van der Waals surface area (Å²) in [7, 11) is 0. The third-order valence-corrected chi connectivity index (χ3v) is 1.20. The largest absolute Gasteiger partial charge is 0.481 e. The number of allylic oxidation sites excluding steroid dienone is 2. The van der Waals surface area contributed by atoms with E-state index in [-0.39, 0.29) is 17.7 Å². The van der Waals surface area contributed by atoms with Gasteiger partial charge in [0.1, 0.15) is 0 Å². The highest BCUT2D eigenvalue weighted by atomic mass is 16.6. The van der Waals surface area contributed by atoms with E-state index < -0.39 is 10.9 Å². The van der Waals surface area contributed by atoms with Gasteiger partial charge >= 0.3 is 5.97 Å². The van der Waals surface area contributed by atoms with Crippen molar-refractivity contribution in [1.82, 2.24) is 0 Å². The lowest BCUT2D eigenvalue weighted by Crippen LogP contribution is -1.98. The van der Waals surface area contributed by atoms with Gasteiger partial charge in [0.2, 0.25) is 0 Å². The van der Waals surface area contributed by atoms with E-state index >= 15 is 0 Å².